The number of hydrogen-bond donors (Lipinski definition) is 0. The fourth-order valence-electron chi connectivity index (χ4n) is 3.04. The Kier molecular flexibility index (Phi) is 6.97. The fraction of sp³-hybridized carbons (Fsp3) is 0.250. The maximum atomic E-state index is 13.6. The van der Waals surface area contributed by atoms with Crippen LogP contribution in [0.5, 0.6) is 5.75 Å². The molecule has 0 aliphatic carbocycles. The SMILES string of the molecule is COC(=O)[C@H](Cc1ccccc1)N1CC=CCOc2c(Cl)cc(Cl)cc2[S+]1(=O)[O-]. The summed E-state index contributed by atoms with van der Waals surface area (Å²) in [6.45, 7) is 0.0845. The summed E-state index contributed by atoms with van der Waals surface area (Å²) in [5.41, 5.74) is 0.794. The molecule has 6 nitrogen and oxygen atoms in total. The molecule has 0 N–H and O–H groups in total. The smallest absolute Gasteiger partial charge is 0.328 e. The molecule has 0 amide bonds. The number of methoxy groups -OCH3 is 1. The molecule has 0 saturated carbocycles. The summed E-state index contributed by atoms with van der Waals surface area (Å²) in [7, 11) is -2.97. The second-order valence-corrected chi connectivity index (χ2v) is 9.00. The van der Waals surface area contributed by atoms with Crippen LogP contribution in [0.15, 0.2) is 59.5 Å². The highest BCUT2D eigenvalue weighted by Gasteiger charge is 2.43. The summed E-state index contributed by atoms with van der Waals surface area (Å²) >= 11 is 12.3. The number of hydrogen-bond acceptors (Lipinski definition) is 5. The van der Waals surface area contributed by atoms with E-state index in [-0.39, 0.29) is 40.3 Å². The molecule has 0 bridgehead atoms. The summed E-state index contributed by atoms with van der Waals surface area (Å²) in [6.07, 6.45) is 3.43. The van der Waals surface area contributed by atoms with E-state index in [0.29, 0.717) is 0 Å². The minimum absolute atomic E-state index is 0.00376. The number of rotatable bonds is 4. The van der Waals surface area contributed by atoms with Crippen LogP contribution in [0.4, 0.5) is 0 Å². The van der Waals surface area contributed by atoms with Crippen molar-refractivity contribution in [3.8, 4) is 5.75 Å². The van der Waals surface area contributed by atoms with Gasteiger partial charge in [0, 0.05) is 17.5 Å². The molecular formula is C20H19Cl2NO5S. The monoisotopic (exact) mass is 455 g/mol. The van der Waals surface area contributed by atoms with Gasteiger partial charge in [-0.15, -0.1) is 4.31 Å². The maximum Gasteiger partial charge on any atom is 0.328 e. The molecule has 9 heteroatoms. The Morgan fingerprint density at radius 2 is 2.00 bits per heavy atom. The third kappa shape index (κ3) is 4.82. The van der Waals surface area contributed by atoms with E-state index < -0.39 is 22.4 Å². The van der Waals surface area contributed by atoms with Gasteiger partial charge in [-0.1, -0.05) is 63.8 Å². The maximum absolute atomic E-state index is 13.6. The van der Waals surface area contributed by atoms with Gasteiger partial charge < -0.3 is 14.0 Å². The van der Waals surface area contributed by atoms with E-state index in [9.17, 15) is 13.6 Å². The quantitative estimate of drug-likeness (QED) is 0.396. The lowest BCUT2D eigenvalue weighted by Gasteiger charge is -2.32. The average Bonchev–Trinajstić information content (AvgIpc) is 2.75. The molecule has 0 spiro atoms. The van der Waals surface area contributed by atoms with Crippen LogP contribution in [0, 0.1) is 0 Å². The van der Waals surface area contributed by atoms with Crippen molar-refractivity contribution in [2.45, 2.75) is 17.4 Å². The van der Waals surface area contributed by atoms with E-state index in [4.69, 9.17) is 32.7 Å². The number of esters is 1. The predicted molar refractivity (Wildman–Crippen MR) is 111 cm³/mol. The van der Waals surface area contributed by atoms with Gasteiger partial charge in [-0.3, -0.25) is 4.79 Å². The molecular weight excluding hydrogens is 437 g/mol. The summed E-state index contributed by atoms with van der Waals surface area (Å²) in [4.78, 5) is 12.4. The zero-order valence-corrected chi connectivity index (χ0v) is 17.9. The normalized spacial score (nSPS) is 20.6. The van der Waals surface area contributed by atoms with Crippen molar-refractivity contribution >= 4 is 39.6 Å². The van der Waals surface area contributed by atoms with Gasteiger partial charge in [0.05, 0.1) is 18.7 Å². The average molecular weight is 456 g/mol. The molecule has 1 aliphatic heterocycles. The molecule has 154 valence electrons. The molecule has 0 fully saturated rings. The third-order valence-corrected chi connectivity index (χ3v) is 6.81. The standard InChI is InChI=1S/C20H19Cl2NO5S/c1-27-20(24)17(11-14-7-3-2-4-8-14)23-9-5-6-10-28-19-16(22)12-15(21)13-18(19)29(23,25)26/h2-8,12-13,17H,9-11H2,1H3/t17-/m0/s1. The minimum atomic E-state index is -4.20. The van der Waals surface area contributed by atoms with Crippen molar-refractivity contribution in [3.05, 3.63) is 70.2 Å². The number of sulfonamides is 1. The summed E-state index contributed by atoms with van der Waals surface area (Å²) in [5, 5.41) is 0.217. The van der Waals surface area contributed by atoms with Gasteiger partial charge in [0.15, 0.2) is 22.2 Å². The molecule has 0 saturated heterocycles. The highest BCUT2D eigenvalue weighted by atomic mass is 35.5. The Hall–Kier alpha value is -1.90. The van der Waals surface area contributed by atoms with E-state index in [1.54, 1.807) is 12.2 Å². The Morgan fingerprint density at radius 3 is 2.69 bits per heavy atom. The van der Waals surface area contributed by atoms with E-state index >= 15 is 0 Å². The van der Waals surface area contributed by atoms with E-state index in [0.717, 1.165) is 9.87 Å². The zero-order chi connectivity index (χ0) is 21.0. The number of nitrogens with zero attached hydrogens (tertiary/aromatic N) is 1. The van der Waals surface area contributed by atoms with Crippen LogP contribution >= 0.6 is 23.2 Å². The first-order chi connectivity index (χ1) is 13.8. The first kappa shape index (κ1) is 21.8. The van der Waals surface area contributed by atoms with E-state index in [1.807, 2.05) is 30.3 Å². The molecule has 1 unspecified atom stereocenters. The lowest BCUT2D eigenvalue weighted by atomic mass is 10.1. The lowest BCUT2D eigenvalue weighted by molar-refractivity contribution is -0.145. The Bertz CT molecular complexity index is 967. The lowest BCUT2D eigenvalue weighted by Crippen LogP contribution is -2.49. The summed E-state index contributed by atoms with van der Waals surface area (Å²) in [6, 6.07) is 10.7. The fourth-order valence-corrected chi connectivity index (χ4v) is 5.42. The molecule has 0 aromatic heterocycles. The second-order valence-electron chi connectivity index (χ2n) is 6.30. The van der Waals surface area contributed by atoms with Gasteiger partial charge in [0.25, 0.3) is 0 Å². The summed E-state index contributed by atoms with van der Waals surface area (Å²) in [5.74, 6) is -0.670. The van der Waals surface area contributed by atoms with Gasteiger partial charge in [-0.25, -0.2) is 0 Å². The molecule has 0 radical (unpaired) electrons. The Morgan fingerprint density at radius 1 is 1.28 bits per heavy atom. The molecule has 29 heavy (non-hydrogen) atoms. The van der Waals surface area contributed by atoms with Crippen LogP contribution in [0.3, 0.4) is 0 Å². The van der Waals surface area contributed by atoms with Crippen LogP contribution in [0.2, 0.25) is 10.0 Å². The van der Waals surface area contributed by atoms with Gasteiger partial charge in [-0.05, 0) is 17.7 Å². The molecule has 2 aromatic carbocycles. The first-order valence-electron chi connectivity index (χ1n) is 8.75. The van der Waals surface area contributed by atoms with Gasteiger partial charge in [0.1, 0.15) is 6.61 Å². The van der Waals surface area contributed by atoms with Crippen LogP contribution in [0.25, 0.3) is 0 Å². The van der Waals surface area contributed by atoms with Crippen molar-refractivity contribution in [1.82, 2.24) is 4.31 Å². The highest BCUT2D eigenvalue weighted by molar-refractivity contribution is 7.95. The van der Waals surface area contributed by atoms with Crippen LogP contribution < -0.4 is 4.74 Å². The minimum Gasteiger partial charge on any atom is -0.593 e. The summed E-state index contributed by atoms with van der Waals surface area (Å²) < 4.78 is 38.7. The number of halogens is 2. The number of carbonyl (C=O) groups excluding carboxylic acids is 1. The third-order valence-electron chi connectivity index (χ3n) is 4.43. The zero-order valence-electron chi connectivity index (χ0n) is 15.5. The highest BCUT2D eigenvalue weighted by Crippen LogP contribution is 2.40. The van der Waals surface area contributed by atoms with Crippen LogP contribution in [-0.2, 0) is 30.6 Å². The number of carbonyl (C=O) groups is 1. The van der Waals surface area contributed by atoms with E-state index in [2.05, 4.69) is 0 Å². The Labute approximate surface area is 180 Å². The van der Waals surface area contributed by atoms with Gasteiger partial charge in [0.2, 0.25) is 4.90 Å². The van der Waals surface area contributed by atoms with Gasteiger partial charge >= 0.3 is 5.97 Å². The molecule has 2 aromatic rings. The number of ether oxygens (including phenoxy) is 2. The number of fused-ring (bicyclic) bond motifs is 1. The molecule has 2 atom stereocenters. The Balaban J connectivity index is 2.12. The number of benzene rings is 2. The van der Waals surface area contributed by atoms with Crippen molar-refractivity contribution in [1.29, 1.82) is 0 Å². The molecule has 1 aliphatic rings. The van der Waals surface area contributed by atoms with Gasteiger partial charge in [-0.2, -0.15) is 0 Å². The molecule has 3 rings (SSSR count). The van der Waals surface area contributed by atoms with Crippen LogP contribution in [-0.4, -0.2) is 41.1 Å². The van der Waals surface area contributed by atoms with Crippen molar-refractivity contribution < 1.29 is 23.0 Å². The van der Waals surface area contributed by atoms with Crippen molar-refractivity contribution in [2.75, 3.05) is 20.3 Å². The second kappa shape index (κ2) is 9.28. The topological polar surface area (TPSA) is 78.9 Å². The first-order valence-corrected chi connectivity index (χ1v) is 10.9. The predicted octanol–water partition coefficient (Wildman–Crippen LogP) is 3.93. The largest absolute Gasteiger partial charge is 0.593 e. The van der Waals surface area contributed by atoms with Crippen molar-refractivity contribution in [2.24, 2.45) is 0 Å². The van der Waals surface area contributed by atoms with E-state index in [1.165, 1.54) is 19.2 Å². The molecule has 1 heterocycles. The van der Waals surface area contributed by atoms with Crippen molar-refractivity contribution in [3.63, 3.8) is 0 Å². The van der Waals surface area contributed by atoms with Crippen LogP contribution in [0.1, 0.15) is 5.56 Å².